The first-order chi connectivity index (χ1) is 25.8. The largest absolute Gasteiger partial charge is 0.356 e. The minimum absolute atomic E-state index is 0.00789. The fraction of sp³-hybridized carbons (Fsp3) is 0.514. The number of hydrogen-bond acceptors (Lipinski definition) is 10. The zero-order valence-corrected chi connectivity index (χ0v) is 32.1. The third-order valence-corrected chi connectivity index (χ3v) is 11.8. The number of unbranched alkanes of at least 4 members (excludes halogenated alkanes) is 4. The van der Waals surface area contributed by atoms with Crippen LogP contribution in [0.25, 0.3) is 10.2 Å². The van der Waals surface area contributed by atoms with E-state index in [0.29, 0.717) is 57.3 Å². The van der Waals surface area contributed by atoms with Crippen molar-refractivity contribution in [2.75, 3.05) is 18.0 Å². The number of hydroxylamine groups is 2. The maximum absolute atomic E-state index is 13.6. The van der Waals surface area contributed by atoms with Crippen molar-refractivity contribution in [3.8, 4) is 0 Å². The van der Waals surface area contributed by atoms with Gasteiger partial charge in [0.2, 0.25) is 11.8 Å². The highest BCUT2D eigenvalue weighted by molar-refractivity contribution is 7.87. The first kappa shape index (κ1) is 40.6. The molecule has 1 unspecified atom stereocenters. The van der Waals surface area contributed by atoms with Crippen LogP contribution in [0.3, 0.4) is 0 Å². The Morgan fingerprint density at radius 1 is 1.00 bits per heavy atom. The number of carbonyl (C=O) groups excluding carboxylic acids is 6. The molecular formula is C37H47N5O10S2. The van der Waals surface area contributed by atoms with Crippen LogP contribution in [0, 0.1) is 12.8 Å². The molecule has 15 nitrogen and oxygen atoms in total. The number of imide groups is 1. The van der Waals surface area contributed by atoms with E-state index in [1.54, 1.807) is 9.47 Å². The highest BCUT2D eigenvalue weighted by Gasteiger charge is 2.48. The van der Waals surface area contributed by atoms with Crippen LogP contribution in [0.5, 0.6) is 0 Å². The molecule has 2 aromatic heterocycles. The molecule has 1 atom stereocenters. The van der Waals surface area contributed by atoms with Crippen LogP contribution in [0.1, 0.15) is 93.6 Å². The van der Waals surface area contributed by atoms with E-state index >= 15 is 0 Å². The van der Waals surface area contributed by atoms with Crippen molar-refractivity contribution in [3.05, 3.63) is 53.0 Å². The zero-order chi connectivity index (χ0) is 39.0. The molecule has 2 aliphatic rings. The second kappa shape index (κ2) is 18.1. The van der Waals surface area contributed by atoms with Gasteiger partial charge in [-0.15, -0.1) is 16.4 Å². The number of benzene rings is 1. The van der Waals surface area contributed by atoms with E-state index in [-0.39, 0.29) is 47.7 Å². The average molecular weight is 786 g/mol. The molecule has 3 aromatic rings. The van der Waals surface area contributed by atoms with E-state index in [1.807, 2.05) is 55.6 Å². The van der Waals surface area contributed by atoms with Crippen molar-refractivity contribution in [3.63, 3.8) is 0 Å². The maximum Gasteiger partial charge on any atom is 0.333 e. The van der Waals surface area contributed by atoms with Crippen LogP contribution >= 0.6 is 11.3 Å². The molecule has 1 saturated heterocycles. The summed E-state index contributed by atoms with van der Waals surface area (Å²) in [6.07, 6.45) is 5.19. The number of fused-ring (bicyclic) bond motifs is 1. The molecule has 3 heterocycles. The van der Waals surface area contributed by atoms with Gasteiger partial charge in [0.15, 0.2) is 5.25 Å². The third kappa shape index (κ3) is 10.1. The van der Waals surface area contributed by atoms with Gasteiger partial charge in [-0.1, -0.05) is 31.4 Å². The first-order valence-electron chi connectivity index (χ1n) is 18.3. The minimum Gasteiger partial charge on any atom is -0.356 e. The molecule has 5 rings (SSSR count). The molecule has 1 saturated carbocycles. The summed E-state index contributed by atoms with van der Waals surface area (Å²) in [5, 5.41) is 6.24. The lowest BCUT2D eigenvalue weighted by molar-refractivity contribution is -0.197. The fourth-order valence-corrected chi connectivity index (χ4v) is 8.48. The van der Waals surface area contributed by atoms with E-state index in [1.165, 1.54) is 11.3 Å². The van der Waals surface area contributed by atoms with E-state index in [0.717, 1.165) is 40.7 Å². The summed E-state index contributed by atoms with van der Waals surface area (Å²) in [5.74, 6) is -3.64. The lowest BCUT2D eigenvalue weighted by Gasteiger charge is -2.28. The number of amides is 5. The van der Waals surface area contributed by atoms with Crippen molar-refractivity contribution < 1.29 is 46.6 Å². The van der Waals surface area contributed by atoms with Gasteiger partial charge in [0.25, 0.3) is 27.8 Å². The monoisotopic (exact) mass is 785 g/mol. The molecule has 292 valence electrons. The summed E-state index contributed by atoms with van der Waals surface area (Å²) in [5.41, 5.74) is 3.16. The number of aromatic nitrogens is 1. The smallest absolute Gasteiger partial charge is 0.333 e. The van der Waals surface area contributed by atoms with Gasteiger partial charge in [-0.2, -0.15) is 8.42 Å². The van der Waals surface area contributed by atoms with Crippen molar-refractivity contribution >= 4 is 72.9 Å². The van der Waals surface area contributed by atoms with Gasteiger partial charge in [0.1, 0.15) is 12.2 Å². The molecule has 0 radical (unpaired) electrons. The van der Waals surface area contributed by atoms with Crippen LogP contribution in [0.2, 0.25) is 0 Å². The number of rotatable bonds is 17. The number of nitrogens with one attached hydrogen (secondary N) is 2. The molecule has 0 spiro atoms. The molecule has 17 heteroatoms. The molecule has 54 heavy (non-hydrogen) atoms. The summed E-state index contributed by atoms with van der Waals surface area (Å²) < 4.78 is 34.2. The predicted molar refractivity (Wildman–Crippen MR) is 201 cm³/mol. The van der Waals surface area contributed by atoms with Crippen LogP contribution in [-0.4, -0.2) is 82.5 Å². The molecule has 1 aliphatic carbocycles. The summed E-state index contributed by atoms with van der Waals surface area (Å²) >= 11 is 1.52. The Morgan fingerprint density at radius 3 is 2.41 bits per heavy atom. The topological polar surface area (TPSA) is 201 Å². The van der Waals surface area contributed by atoms with Crippen molar-refractivity contribution in [1.29, 1.82) is 0 Å². The number of likely N-dealkylation sites (N-methyl/N-ethyl adjacent to an activating group) is 1. The normalized spacial score (nSPS) is 18.9. The quantitative estimate of drug-likeness (QED) is 0.101. The molecule has 5 amide bonds. The van der Waals surface area contributed by atoms with Crippen molar-refractivity contribution in [2.45, 2.75) is 102 Å². The maximum atomic E-state index is 13.6. The van der Waals surface area contributed by atoms with Crippen molar-refractivity contribution in [1.82, 2.24) is 20.3 Å². The van der Waals surface area contributed by atoms with Gasteiger partial charge in [0.05, 0.1) is 16.6 Å². The van der Waals surface area contributed by atoms with Gasteiger partial charge in [0, 0.05) is 37.2 Å². The van der Waals surface area contributed by atoms with E-state index in [4.69, 9.17) is 9.39 Å². The van der Waals surface area contributed by atoms with E-state index in [2.05, 4.69) is 10.6 Å². The van der Waals surface area contributed by atoms with Gasteiger partial charge >= 0.3 is 5.97 Å². The number of carbonyl (C=O) groups is 6. The Hall–Kier alpha value is -4.61. The predicted octanol–water partition coefficient (Wildman–Crippen LogP) is 4.28. The zero-order valence-electron chi connectivity index (χ0n) is 30.5. The highest BCUT2D eigenvalue weighted by Crippen LogP contribution is 2.28. The lowest BCUT2D eigenvalue weighted by Crippen LogP contribution is -2.42. The summed E-state index contributed by atoms with van der Waals surface area (Å²) in [6, 6.07) is 11.5. The third-order valence-electron chi connectivity index (χ3n) is 9.88. The van der Waals surface area contributed by atoms with E-state index in [9.17, 15) is 37.2 Å². The average Bonchev–Trinajstić information content (AvgIpc) is 3.81. The minimum atomic E-state index is -4.78. The van der Waals surface area contributed by atoms with Crippen LogP contribution in [0.4, 0.5) is 5.69 Å². The summed E-state index contributed by atoms with van der Waals surface area (Å²) in [4.78, 5) is 82.3. The van der Waals surface area contributed by atoms with Gasteiger partial charge < -0.3 is 24.9 Å². The Morgan fingerprint density at radius 2 is 1.72 bits per heavy atom. The number of nitrogens with zero attached hydrogens (tertiary/aromatic N) is 3. The van der Waals surface area contributed by atoms with Gasteiger partial charge in [-0.25, -0.2) is 4.79 Å². The SMILES string of the molecule is CCN(C(=O)Cn1c(C(=O)N[C@H]2CC[C@H](C(=O)NCCCCCCCC(=O)ON3C(=O)CC(S(=O)(=O)O)C3=O)CC2)cc2sccc21)c1cccc(C)c1. The van der Waals surface area contributed by atoms with Gasteiger partial charge in [-0.3, -0.25) is 28.5 Å². The van der Waals surface area contributed by atoms with Crippen LogP contribution in [-0.2, 0) is 45.5 Å². The van der Waals surface area contributed by atoms with Crippen LogP contribution < -0.4 is 15.5 Å². The molecular weight excluding hydrogens is 739 g/mol. The molecule has 3 N–H and O–H groups in total. The second-order valence-corrected chi connectivity index (χ2v) is 16.3. The first-order valence-corrected chi connectivity index (χ1v) is 20.7. The number of thiophene rings is 1. The van der Waals surface area contributed by atoms with Crippen molar-refractivity contribution in [2.24, 2.45) is 5.92 Å². The van der Waals surface area contributed by atoms with E-state index < -0.39 is 39.6 Å². The number of hydrogen-bond donors (Lipinski definition) is 3. The second-order valence-electron chi connectivity index (χ2n) is 13.8. The Balaban J connectivity index is 0.983. The fourth-order valence-electron chi connectivity index (χ4n) is 6.95. The number of anilines is 1. The molecule has 1 aliphatic heterocycles. The highest BCUT2D eigenvalue weighted by atomic mass is 32.2. The molecule has 0 bridgehead atoms. The number of aryl methyl sites for hydroxylation is 1. The Bertz CT molecular complexity index is 1980. The Labute approximate surface area is 318 Å². The standard InChI is InChI=1S/C37H47N5O10S2/c1-3-40(27-11-9-10-24(2)20-27)33(44)23-41-28-17-19-53-30(28)21-29(41)36(47)39-26-15-13-25(14-16-26)35(46)38-18-8-6-4-5-7-12-34(45)52-42-32(43)22-31(37(42)48)54(49,50)51/h9-11,17,19-21,25-26,31H,3-8,12-16,18,22-23H2,1-2H3,(H,38,46)(H,39,47)(H,49,50,51)/t25-,26-,31?. The summed E-state index contributed by atoms with van der Waals surface area (Å²) in [7, 11) is -4.78. The molecule has 2 fully saturated rings. The molecule has 1 aromatic carbocycles. The van der Waals surface area contributed by atoms with Crippen LogP contribution in [0.15, 0.2) is 41.8 Å². The summed E-state index contributed by atoms with van der Waals surface area (Å²) in [6.45, 7) is 4.95. The lowest BCUT2D eigenvalue weighted by atomic mass is 9.85. The van der Waals surface area contributed by atoms with Gasteiger partial charge in [-0.05, 0) is 87.6 Å². The Kier molecular flexibility index (Phi) is 13.6.